The Kier molecular flexibility index (Phi) is 2.91. The van der Waals surface area contributed by atoms with Gasteiger partial charge in [-0.15, -0.1) is 0 Å². The minimum Gasteiger partial charge on any atom is -0.508 e. The second-order valence-corrected chi connectivity index (χ2v) is 4.49. The van der Waals surface area contributed by atoms with Crippen molar-refractivity contribution in [1.29, 1.82) is 0 Å². The first-order valence-electron chi connectivity index (χ1n) is 5.74. The summed E-state index contributed by atoms with van der Waals surface area (Å²) in [7, 11) is 0. The topological polar surface area (TPSA) is 60.7 Å². The van der Waals surface area contributed by atoms with Crippen molar-refractivity contribution >= 4 is 0 Å². The molecule has 0 spiro atoms. The predicted molar refractivity (Wildman–Crippen MR) is 71.1 cm³/mol. The molecule has 2 rings (SSSR count). The van der Waals surface area contributed by atoms with Crippen LogP contribution < -0.4 is 0 Å². The van der Waals surface area contributed by atoms with Crippen LogP contribution >= 0.6 is 0 Å². The quantitative estimate of drug-likeness (QED) is 0.720. The molecule has 0 saturated carbocycles. The SMILES string of the molecule is Cc1c(C)c(O)c(-c2ccc(O)cc2)c(O)c1C. The van der Waals surface area contributed by atoms with E-state index in [0.717, 1.165) is 16.7 Å². The van der Waals surface area contributed by atoms with Gasteiger partial charge in [0.15, 0.2) is 0 Å². The van der Waals surface area contributed by atoms with Gasteiger partial charge in [-0.1, -0.05) is 12.1 Å². The van der Waals surface area contributed by atoms with Gasteiger partial charge in [-0.05, 0) is 55.2 Å². The molecule has 0 aliphatic rings. The van der Waals surface area contributed by atoms with E-state index in [0.29, 0.717) is 11.1 Å². The lowest BCUT2D eigenvalue weighted by atomic mass is 9.93. The minimum atomic E-state index is 0.0845. The first-order chi connectivity index (χ1) is 8.43. The zero-order chi connectivity index (χ0) is 13.4. The van der Waals surface area contributed by atoms with Crippen molar-refractivity contribution in [3.63, 3.8) is 0 Å². The van der Waals surface area contributed by atoms with Crippen molar-refractivity contribution in [3.05, 3.63) is 41.0 Å². The third-order valence-electron chi connectivity index (χ3n) is 3.46. The number of rotatable bonds is 1. The molecule has 2 aromatic rings. The molecule has 0 fully saturated rings. The molecule has 3 heteroatoms. The van der Waals surface area contributed by atoms with Crippen LogP contribution in [-0.2, 0) is 0 Å². The van der Waals surface area contributed by atoms with Crippen molar-refractivity contribution in [2.24, 2.45) is 0 Å². The van der Waals surface area contributed by atoms with Crippen molar-refractivity contribution < 1.29 is 15.3 Å². The molecule has 94 valence electrons. The third kappa shape index (κ3) is 1.78. The maximum Gasteiger partial charge on any atom is 0.130 e. The molecule has 0 aliphatic carbocycles. The molecule has 3 N–H and O–H groups in total. The highest BCUT2D eigenvalue weighted by molar-refractivity contribution is 5.80. The van der Waals surface area contributed by atoms with Crippen molar-refractivity contribution in [2.75, 3.05) is 0 Å². The lowest BCUT2D eigenvalue weighted by Crippen LogP contribution is -1.92. The van der Waals surface area contributed by atoms with Gasteiger partial charge in [-0.25, -0.2) is 0 Å². The molecule has 0 aromatic heterocycles. The first kappa shape index (κ1) is 12.3. The second-order valence-electron chi connectivity index (χ2n) is 4.49. The Morgan fingerprint density at radius 3 is 1.56 bits per heavy atom. The van der Waals surface area contributed by atoms with Crippen LogP contribution in [0.4, 0.5) is 0 Å². The van der Waals surface area contributed by atoms with Crippen LogP contribution in [0.5, 0.6) is 17.2 Å². The van der Waals surface area contributed by atoms with Crippen LogP contribution in [0.1, 0.15) is 16.7 Å². The van der Waals surface area contributed by atoms with E-state index in [-0.39, 0.29) is 17.2 Å². The zero-order valence-electron chi connectivity index (χ0n) is 10.7. The Hall–Kier alpha value is -2.16. The first-order valence-corrected chi connectivity index (χ1v) is 5.74. The fraction of sp³-hybridized carbons (Fsp3) is 0.200. The maximum atomic E-state index is 10.2. The molecule has 0 amide bonds. The third-order valence-corrected chi connectivity index (χ3v) is 3.46. The molecule has 18 heavy (non-hydrogen) atoms. The van der Waals surface area contributed by atoms with E-state index < -0.39 is 0 Å². The zero-order valence-corrected chi connectivity index (χ0v) is 10.7. The van der Waals surface area contributed by atoms with E-state index in [9.17, 15) is 15.3 Å². The lowest BCUT2D eigenvalue weighted by molar-refractivity contribution is 0.447. The van der Waals surface area contributed by atoms with Crippen LogP contribution in [0, 0.1) is 20.8 Å². The number of phenolic OH excluding ortho intramolecular Hbond substituents is 3. The number of benzene rings is 2. The van der Waals surface area contributed by atoms with Crippen LogP contribution in [0.2, 0.25) is 0 Å². The number of hydrogen-bond donors (Lipinski definition) is 3. The number of aromatic hydroxyl groups is 3. The summed E-state index contributed by atoms with van der Waals surface area (Å²) in [5.74, 6) is 0.320. The van der Waals surface area contributed by atoms with Gasteiger partial charge < -0.3 is 15.3 Å². The van der Waals surface area contributed by atoms with Crippen molar-refractivity contribution in [2.45, 2.75) is 20.8 Å². The van der Waals surface area contributed by atoms with E-state index >= 15 is 0 Å². The van der Waals surface area contributed by atoms with Gasteiger partial charge in [0.2, 0.25) is 0 Å². The van der Waals surface area contributed by atoms with Gasteiger partial charge in [-0.2, -0.15) is 0 Å². The second kappa shape index (κ2) is 4.26. The number of phenols is 3. The molecular weight excluding hydrogens is 228 g/mol. The highest BCUT2D eigenvalue weighted by Gasteiger charge is 2.17. The van der Waals surface area contributed by atoms with E-state index in [1.54, 1.807) is 12.1 Å². The molecule has 0 saturated heterocycles. The average molecular weight is 244 g/mol. The summed E-state index contributed by atoms with van der Waals surface area (Å²) in [5.41, 5.74) is 3.49. The summed E-state index contributed by atoms with van der Waals surface area (Å²) in [4.78, 5) is 0. The molecule has 0 bridgehead atoms. The highest BCUT2D eigenvalue weighted by atomic mass is 16.3. The predicted octanol–water partition coefficient (Wildman–Crippen LogP) is 3.40. The standard InChI is InChI=1S/C15H16O3/c1-8-9(2)14(17)13(15(18)10(8)3)11-4-6-12(16)7-5-11/h4-7,16-18H,1-3H3. The average Bonchev–Trinajstić information content (AvgIpc) is 2.36. The Labute approximate surface area is 106 Å². The Morgan fingerprint density at radius 1 is 0.667 bits per heavy atom. The van der Waals surface area contributed by atoms with Gasteiger partial charge >= 0.3 is 0 Å². The number of hydrogen-bond acceptors (Lipinski definition) is 3. The summed E-state index contributed by atoms with van der Waals surface area (Å²) in [5, 5.41) is 29.6. The normalized spacial score (nSPS) is 10.6. The van der Waals surface area contributed by atoms with E-state index in [2.05, 4.69) is 0 Å². The van der Waals surface area contributed by atoms with Crippen LogP contribution in [0.25, 0.3) is 11.1 Å². The minimum absolute atomic E-state index is 0.0845. The van der Waals surface area contributed by atoms with Crippen LogP contribution in [0.15, 0.2) is 24.3 Å². The largest absolute Gasteiger partial charge is 0.508 e. The smallest absolute Gasteiger partial charge is 0.130 e. The monoisotopic (exact) mass is 244 g/mol. The summed E-state index contributed by atoms with van der Waals surface area (Å²) in [6.07, 6.45) is 0. The van der Waals surface area contributed by atoms with E-state index in [1.165, 1.54) is 12.1 Å². The molecule has 0 aliphatic heterocycles. The molecule has 0 heterocycles. The molecule has 0 unspecified atom stereocenters. The Morgan fingerprint density at radius 2 is 1.11 bits per heavy atom. The lowest BCUT2D eigenvalue weighted by Gasteiger charge is -2.15. The van der Waals surface area contributed by atoms with E-state index in [1.807, 2.05) is 20.8 Å². The molecular formula is C15H16O3. The molecule has 3 nitrogen and oxygen atoms in total. The van der Waals surface area contributed by atoms with Gasteiger partial charge in [0.05, 0.1) is 5.56 Å². The summed E-state index contributed by atoms with van der Waals surface area (Å²) in [6, 6.07) is 6.38. The van der Waals surface area contributed by atoms with Gasteiger partial charge in [0.1, 0.15) is 17.2 Å². The van der Waals surface area contributed by atoms with Gasteiger partial charge in [0.25, 0.3) is 0 Å². The van der Waals surface area contributed by atoms with Gasteiger partial charge in [0, 0.05) is 0 Å². The summed E-state index contributed by atoms with van der Waals surface area (Å²) in [6.45, 7) is 5.51. The fourth-order valence-electron chi connectivity index (χ4n) is 2.03. The van der Waals surface area contributed by atoms with Gasteiger partial charge in [-0.3, -0.25) is 0 Å². The van der Waals surface area contributed by atoms with Crippen LogP contribution in [0.3, 0.4) is 0 Å². The Balaban J connectivity index is 2.75. The molecule has 2 aromatic carbocycles. The fourth-order valence-corrected chi connectivity index (χ4v) is 2.03. The van der Waals surface area contributed by atoms with Crippen LogP contribution in [-0.4, -0.2) is 15.3 Å². The summed E-state index contributed by atoms with van der Waals surface area (Å²) < 4.78 is 0. The highest BCUT2D eigenvalue weighted by Crippen LogP contribution is 2.43. The summed E-state index contributed by atoms with van der Waals surface area (Å²) >= 11 is 0. The molecule has 0 atom stereocenters. The maximum absolute atomic E-state index is 10.2. The van der Waals surface area contributed by atoms with E-state index in [4.69, 9.17) is 0 Å². The van der Waals surface area contributed by atoms with Crippen molar-refractivity contribution in [3.8, 4) is 28.4 Å². The van der Waals surface area contributed by atoms with Crippen molar-refractivity contribution in [1.82, 2.24) is 0 Å². The Bertz CT molecular complexity index is 569. The molecule has 0 radical (unpaired) electrons.